The molecule has 0 aliphatic heterocycles. The minimum Gasteiger partial charge on any atom is -0.349 e. The number of rotatable bonds is 5. The molecular formula is C19H23N3O3S. The standard InChI is InChI=1S/C19H23N3O3S/c20-15-9-11-16(12-10-15)21-19(23)14-5-4-6-17(13-14)22-26(24,25)18-7-2-1-3-8-18/h1-8,13,15-16,22H,9-12,20H2,(H,21,23). The van der Waals surface area contributed by atoms with Crippen LogP contribution in [-0.4, -0.2) is 26.4 Å². The smallest absolute Gasteiger partial charge is 0.261 e. The van der Waals surface area contributed by atoms with Crippen molar-refractivity contribution in [3.63, 3.8) is 0 Å². The van der Waals surface area contributed by atoms with Gasteiger partial charge in [-0.3, -0.25) is 9.52 Å². The first-order valence-electron chi connectivity index (χ1n) is 8.68. The zero-order valence-corrected chi connectivity index (χ0v) is 15.2. The highest BCUT2D eigenvalue weighted by atomic mass is 32.2. The minimum atomic E-state index is -3.68. The van der Waals surface area contributed by atoms with Crippen LogP contribution in [0.1, 0.15) is 36.0 Å². The number of anilines is 1. The molecule has 0 unspecified atom stereocenters. The molecule has 0 aromatic heterocycles. The lowest BCUT2D eigenvalue weighted by molar-refractivity contribution is 0.0926. The molecule has 4 N–H and O–H groups in total. The molecule has 1 aliphatic rings. The maximum Gasteiger partial charge on any atom is 0.261 e. The highest BCUT2D eigenvalue weighted by molar-refractivity contribution is 7.92. The Kier molecular flexibility index (Phi) is 5.58. The van der Waals surface area contributed by atoms with Gasteiger partial charge in [0.05, 0.1) is 4.90 Å². The zero-order chi connectivity index (χ0) is 18.6. The largest absolute Gasteiger partial charge is 0.349 e. The van der Waals surface area contributed by atoms with Gasteiger partial charge in [0.25, 0.3) is 15.9 Å². The maximum atomic E-state index is 12.5. The summed E-state index contributed by atoms with van der Waals surface area (Å²) in [6, 6.07) is 15.0. The zero-order valence-electron chi connectivity index (χ0n) is 14.4. The molecule has 6 nitrogen and oxygen atoms in total. The summed E-state index contributed by atoms with van der Waals surface area (Å²) in [6.07, 6.45) is 3.55. The first-order chi connectivity index (χ1) is 12.4. The number of carbonyl (C=O) groups is 1. The summed E-state index contributed by atoms with van der Waals surface area (Å²) in [4.78, 5) is 12.6. The molecule has 0 atom stereocenters. The number of carbonyl (C=O) groups excluding carboxylic acids is 1. The summed E-state index contributed by atoms with van der Waals surface area (Å²) in [5.74, 6) is -0.203. The van der Waals surface area contributed by atoms with Crippen molar-refractivity contribution in [1.82, 2.24) is 5.32 Å². The number of nitrogens with one attached hydrogen (secondary N) is 2. The van der Waals surface area contributed by atoms with Crippen LogP contribution >= 0.6 is 0 Å². The van der Waals surface area contributed by atoms with Crippen LogP contribution in [-0.2, 0) is 10.0 Å². The third kappa shape index (κ3) is 4.62. The molecule has 2 aromatic rings. The highest BCUT2D eigenvalue weighted by Gasteiger charge is 2.21. The van der Waals surface area contributed by atoms with Crippen LogP contribution in [0.4, 0.5) is 5.69 Å². The quantitative estimate of drug-likeness (QED) is 0.749. The van der Waals surface area contributed by atoms with Crippen molar-refractivity contribution in [2.24, 2.45) is 5.73 Å². The normalized spacial score (nSPS) is 20.3. The summed E-state index contributed by atoms with van der Waals surface area (Å²) in [5, 5.41) is 3.01. The summed E-state index contributed by atoms with van der Waals surface area (Å²) >= 11 is 0. The van der Waals surface area contributed by atoms with Crippen molar-refractivity contribution in [1.29, 1.82) is 0 Å². The van der Waals surface area contributed by atoms with E-state index in [9.17, 15) is 13.2 Å². The third-order valence-corrected chi connectivity index (χ3v) is 5.93. The van der Waals surface area contributed by atoms with Crippen molar-refractivity contribution < 1.29 is 13.2 Å². The molecule has 0 heterocycles. The number of hydrogen-bond donors (Lipinski definition) is 3. The second kappa shape index (κ2) is 7.88. The van der Waals surface area contributed by atoms with E-state index in [0.29, 0.717) is 11.3 Å². The Morgan fingerprint density at radius 1 is 0.962 bits per heavy atom. The average molecular weight is 373 g/mol. The van der Waals surface area contributed by atoms with Gasteiger partial charge in [-0.2, -0.15) is 0 Å². The first-order valence-corrected chi connectivity index (χ1v) is 10.2. The van der Waals surface area contributed by atoms with E-state index in [0.717, 1.165) is 25.7 Å². The van der Waals surface area contributed by atoms with Gasteiger partial charge in [-0.1, -0.05) is 24.3 Å². The summed E-state index contributed by atoms with van der Waals surface area (Å²) in [6.45, 7) is 0. The molecule has 2 aromatic carbocycles. The van der Waals surface area contributed by atoms with E-state index in [-0.39, 0.29) is 22.9 Å². The molecule has 138 valence electrons. The van der Waals surface area contributed by atoms with Crippen LogP contribution < -0.4 is 15.8 Å². The van der Waals surface area contributed by atoms with Crippen molar-refractivity contribution in [3.8, 4) is 0 Å². The Morgan fingerprint density at radius 3 is 2.35 bits per heavy atom. The average Bonchev–Trinajstić information content (AvgIpc) is 2.64. The van der Waals surface area contributed by atoms with Gasteiger partial charge in [0.2, 0.25) is 0 Å². The number of amides is 1. The Morgan fingerprint density at radius 2 is 1.65 bits per heavy atom. The highest BCUT2D eigenvalue weighted by Crippen LogP contribution is 2.19. The van der Waals surface area contributed by atoms with E-state index in [1.165, 1.54) is 12.1 Å². The topological polar surface area (TPSA) is 101 Å². The fraction of sp³-hybridized carbons (Fsp3) is 0.316. The summed E-state index contributed by atoms with van der Waals surface area (Å²) < 4.78 is 27.3. The molecule has 3 rings (SSSR count). The van der Waals surface area contributed by atoms with Crippen LogP contribution in [0, 0.1) is 0 Å². The van der Waals surface area contributed by atoms with Gasteiger partial charge in [-0.25, -0.2) is 8.42 Å². The van der Waals surface area contributed by atoms with Gasteiger partial charge in [-0.15, -0.1) is 0 Å². The summed E-state index contributed by atoms with van der Waals surface area (Å²) in [5.41, 5.74) is 6.67. The maximum absolute atomic E-state index is 12.5. The van der Waals surface area contributed by atoms with E-state index in [4.69, 9.17) is 5.73 Å². The molecule has 0 radical (unpaired) electrons. The molecule has 1 amide bonds. The molecule has 1 aliphatic carbocycles. The Balaban J connectivity index is 1.69. The van der Waals surface area contributed by atoms with Gasteiger partial charge < -0.3 is 11.1 Å². The second-order valence-electron chi connectivity index (χ2n) is 6.58. The first kappa shape index (κ1) is 18.4. The van der Waals surface area contributed by atoms with E-state index in [2.05, 4.69) is 10.0 Å². The SMILES string of the molecule is NC1CCC(NC(=O)c2cccc(NS(=O)(=O)c3ccccc3)c2)CC1. The van der Waals surface area contributed by atoms with Crippen molar-refractivity contribution >= 4 is 21.6 Å². The Labute approximate surface area is 153 Å². The van der Waals surface area contributed by atoms with Gasteiger partial charge in [0.1, 0.15) is 0 Å². The van der Waals surface area contributed by atoms with Crippen LogP contribution in [0.3, 0.4) is 0 Å². The molecule has 26 heavy (non-hydrogen) atoms. The van der Waals surface area contributed by atoms with Gasteiger partial charge in [0, 0.05) is 23.3 Å². The lowest BCUT2D eigenvalue weighted by Crippen LogP contribution is -2.40. The number of sulfonamides is 1. The molecule has 1 fully saturated rings. The van der Waals surface area contributed by atoms with Gasteiger partial charge in [-0.05, 0) is 56.0 Å². The fourth-order valence-corrected chi connectivity index (χ4v) is 4.14. The van der Waals surface area contributed by atoms with Crippen molar-refractivity contribution in [2.45, 2.75) is 42.7 Å². The molecular weight excluding hydrogens is 350 g/mol. The molecule has 0 spiro atoms. The van der Waals surface area contributed by atoms with E-state index in [1.54, 1.807) is 42.5 Å². The van der Waals surface area contributed by atoms with Crippen molar-refractivity contribution in [2.75, 3.05) is 4.72 Å². The van der Waals surface area contributed by atoms with Crippen molar-refractivity contribution in [3.05, 3.63) is 60.2 Å². The van der Waals surface area contributed by atoms with Gasteiger partial charge in [0.15, 0.2) is 0 Å². The second-order valence-corrected chi connectivity index (χ2v) is 8.27. The molecule has 7 heteroatoms. The van der Waals surface area contributed by atoms with E-state index >= 15 is 0 Å². The fourth-order valence-electron chi connectivity index (χ4n) is 3.07. The monoisotopic (exact) mass is 373 g/mol. The lowest BCUT2D eigenvalue weighted by Gasteiger charge is -2.26. The van der Waals surface area contributed by atoms with E-state index in [1.807, 2.05) is 0 Å². The van der Waals surface area contributed by atoms with Crippen LogP contribution in [0.5, 0.6) is 0 Å². The lowest BCUT2D eigenvalue weighted by atomic mass is 9.91. The Hall–Kier alpha value is -2.38. The minimum absolute atomic E-state index is 0.118. The van der Waals surface area contributed by atoms with Crippen LogP contribution in [0.15, 0.2) is 59.5 Å². The molecule has 1 saturated carbocycles. The predicted molar refractivity (Wildman–Crippen MR) is 101 cm³/mol. The molecule has 0 saturated heterocycles. The summed E-state index contributed by atoms with van der Waals surface area (Å²) in [7, 11) is -3.68. The predicted octanol–water partition coefficient (Wildman–Crippen LogP) is 2.49. The van der Waals surface area contributed by atoms with Crippen LogP contribution in [0.2, 0.25) is 0 Å². The number of nitrogens with two attached hydrogens (primary N) is 1. The Bertz CT molecular complexity index is 861. The van der Waals surface area contributed by atoms with E-state index < -0.39 is 10.0 Å². The number of benzene rings is 2. The third-order valence-electron chi connectivity index (χ3n) is 4.54. The van der Waals surface area contributed by atoms with Crippen LogP contribution in [0.25, 0.3) is 0 Å². The van der Waals surface area contributed by atoms with Gasteiger partial charge >= 0.3 is 0 Å². The molecule has 0 bridgehead atoms. The number of hydrogen-bond acceptors (Lipinski definition) is 4.